The maximum atomic E-state index is 5.42. The van der Waals surface area contributed by atoms with Crippen LogP contribution in [0.25, 0.3) is 0 Å². The maximum Gasteiger partial charge on any atom is 0.205 e. The van der Waals surface area contributed by atoms with E-state index in [2.05, 4.69) is 36.5 Å². The first-order valence-corrected chi connectivity index (χ1v) is 5.85. The van der Waals surface area contributed by atoms with Crippen LogP contribution in [0.15, 0.2) is 4.99 Å². The number of aliphatic imine (C=N–C) groups is 1. The molecule has 1 rings (SSSR count). The van der Waals surface area contributed by atoms with E-state index in [4.69, 9.17) is 5.84 Å². The summed E-state index contributed by atoms with van der Waals surface area (Å²) >= 11 is 0. The van der Waals surface area contributed by atoms with Crippen LogP contribution in [0.3, 0.4) is 0 Å². The van der Waals surface area contributed by atoms with Gasteiger partial charge < -0.3 is 5.32 Å². The fourth-order valence-electron chi connectivity index (χ4n) is 2.11. The Bertz CT molecular complexity index is 223. The Labute approximate surface area is 92.7 Å². The predicted molar refractivity (Wildman–Crippen MR) is 64.5 cm³/mol. The molecule has 4 N–H and O–H groups in total. The molecular weight excluding hydrogens is 188 g/mol. The number of hydrogen-bond acceptors (Lipinski definition) is 2. The summed E-state index contributed by atoms with van der Waals surface area (Å²) in [4.78, 5) is 4.34. The van der Waals surface area contributed by atoms with Crippen molar-refractivity contribution in [1.82, 2.24) is 10.7 Å². The molecule has 1 aliphatic carbocycles. The van der Waals surface area contributed by atoms with Crippen LogP contribution < -0.4 is 16.6 Å². The van der Waals surface area contributed by atoms with Crippen molar-refractivity contribution in [1.29, 1.82) is 0 Å². The molecule has 0 bridgehead atoms. The number of nitrogens with two attached hydrogens (primary N) is 1. The van der Waals surface area contributed by atoms with Crippen LogP contribution in [-0.2, 0) is 0 Å². The summed E-state index contributed by atoms with van der Waals surface area (Å²) in [7, 11) is 0. The number of hydrazine groups is 1. The van der Waals surface area contributed by atoms with Crippen molar-refractivity contribution in [3.63, 3.8) is 0 Å². The van der Waals surface area contributed by atoms with Crippen LogP contribution in [0.1, 0.15) is 46.5 Å². The summed E-state index contributed by atoms with van der Waals surface area (Å²) in [6.07, 6.45) is 4.72. The molecule has 0 aromatic rings. The fraction of sp³-hybridized carbons (Fsp3) is 0.909. The average molecular weight is 212 g/mol. The molecule has 0 heterocycles. The summed E-state index contributed by atoms with van der Waals surface area (Å²) in [5, 5.41) is 3.37. The van der Waals surface area contributed by atoms with Crippen molar-refractivity contribution < 1.29 is 0 Å². The second kappa shape index (κ2) is 5.35. The smallest absolute Gasteiger partial charge is 0.205 e. The summed E-state index contributed by atoms with van der Waals surface area (Å²) in [5.74, 6) is 6.15. The van der Waals surface area contributed by atoms with Gasteiger partial charge in [-0.3, -0.25) is 10.4 Å². The van der Waals surface area contributed by atoms with Gasteiger partial charge in [0.05, 0.1) is 0 Å². The van der Waals surface area contributed by atoms with E-state index in [9.17, 15) is 0 Å². The van der Waals surface area contributed by atoms with E-state index < -0.39 is 0 Å². The van der Waals surface area contributed by atoms with Gasteiger partial charge in [-0.25, -0.2) is 5.84 Å². The van der Waals surface area contributed by atoms with Crippen LogP contribution in [0, 0.1) is 5.41 Å². The molecule has 1 aliphatic rings. The normalized spacial score (nSPS) is 25.3. The minimum Gasteiger partial charge on any atom is -0.353 e. The minimum atomic E-state index is 0.460. The zero-order valence-corrected chi connectivity index (χ0v) is 10.1. The molecule has 0 saturated heterocycles. The van der Waals surface area contributed by atoms with Crippen LogP contribution >= 0.6 is 0 Å². The molecule has 0 aromatic heterocycles. The molecule has 1 atom stereocenters. The Morgan fingerprint density at radius 3 is 2.73 bits per heavy atom. The average Bonchev–Trinajstić information content (AvgIpc) is 2.52. The summed E-state index contributed by atoms with van der Waals surface area (Å²) in [6, 6.07) is 0.520. The summed E-state index contributed by atoms with van der Waals surface area (Å²) in [6.45, 7) is 7.56. The lowest BCUT2D eigenvalue weighted by molar-refractivity contribution is 0.372. The second-order valence-corrected chi connectivity index (χ2v) is 5.12. The highest BCUT2D eigenvalue weighted by Crippen LogP contribution is 2.36. The molecule has 4 nitrogen and oxygen atoms in total. The SMILES string of the molecule is CCCN=C(NN)NC1CCC(C)(C)C1. The van der Waals surface area contributed by atoms with E-state index in [0.29, 0.717) is 11.5 Å². The van der Waals surface area contributed by atoms with Gasteiger partial charge in [-0.2, -0.15) is 0 Å². The van der Waals surface area contributed by atoms with Crippen molar-refractivity contribution in [3.8, 4) is 0 Å². The Balaban J connectivity index is 2.40. The highest BCUT2D eigenvalue weighted by Gasteiger charge is 2.31. The molecule has 1 unspecified atom stereocenters. The van der Waals surface area contributed by atoms with Gasteiger partial charge in [0.15, 0.2) is 0 Å². The molecule has 0 spiro atoms. The van der Waals surface area contributed by atoms with Gasteiger partial charge in [-0.05, 0) is 31.1 Å². The summed E-state index contributed by atoms with van der Waals surface area (Å²) in [5.41, 5.74) is 3.09. The Kier molecular flexibility index (Phi) is 4.39. The summed E-state index contributed by atoms with van der Waals surface area (Å²) < 4.78 is 0. The third-order valence-corrected chi connectivity index (χ3v) is 2.94. The quantitative estimate of drug-likeness (QED) is 0.287. The maximum absolute atomic E-state index is 5.42. The van der Waals surface area contributed by atoms with Gasteiger partial charge in [0.2, 0.25) is 5.96 Å². The van der Waals surface area contributed by atoms with E-state index in [1.165, 1.54) is 19.3 Å². The lowest BCUT2D eigenvalue weighted by Crippen LogP contribution is -2.46. The van der Waals surface area contributed by atoms with Gasteiger partial charge in [0, 0.05) is 12.6 Å². The van der Waals surface area contributed by atoms with Crippen LogP contribution in [0.5, 0.6) is 0 Å². The zero-order chi connectivity index (χ0) is 11.3. The highest BCUT2D eigenvalue weighted by atomic mass is 15.3. The predicted octanol–water partition coefficient (Wildman–Crippen LogP) is 1.38. The van der Waals surface area contributed by atoms with E-state index >= 15 is 0 Å². The van der Waals surface area contributed by atoms with E-state index in [1.807, 2.05) is 0 Å². The monoisotopic (exact) mass is 212 g/mol. The molecule has 0 aromatic carbocycles. The lowest BCUT2D eigenvalue weighted by atomic mass is 9.92. The molecule has 0 radical (unpaired) electrons. The van der Waals surface area contributed by atoms with Crippen molar-refractivity contribution in [3.05, 3.63) is 0 Å². The molecular formula is C11H24N4. The molecule has 1 fully saturated rings. The number of nitrogens with one attached hydrogen (secondary N) is 2. The molecule has 0 aliphatic heterocycles. The molecule has 15 heavy (non-hydrogen) atoms. The fourth-order valence-corrected chi connectivity index (χ4v) is 2.11. The first-order valence-electron chi connectivity index (χ1n) is 5.85. The zero-order valence-electron chi connectivity index (χ0n) is 10.1. The molecule has 88 valence electrons. The number of nitrogens with zero attached hydrogens (tertiary/aromatic N) is 1. The van der Waals surface area contributed by atoms with Crippen molar-refractivity contribution in [2.45, 2.75) is 52.5 Å². The van der Waals surface area contributed by atoms with Gasteiger partial charge in [0.25, 0.3) is 0 Å². The second-order valence-electron chi connectivity index (χ2n) is 5.12. The van der Waals surface area contributed by atoms with Crippen molar-refractivity contribution in [2.75, 3.05) is 6.54 Å². The first kappa shape index (κ1) is 12.3. The topological polar surface area (TPSA) is 62.4 Å². The van der Waals surface area contributed by atoms with Gasteiger partial charge in [-0.1, -0.05) is 20.8 Å². The van der Waals surface area contributed by atoms with Gasteiger partial charge in [-0.15, -0.1) is 0 Å². The van der Waals surface area contributed by atoms with E-state index in [0.717, 1.165) is 18.9 Å². The van der Waals surface area contributed by atoms with Crippen LogP contribution in [0.2, 0.25) is 0 Å². The molecule has 4 heteroatoms. The number of guanidine groups is 1. The van der Waals surface area contributed by atoms with Crippen LogP contribution in [-0.4, -0.2) is 18.5 Å². The van der Waals surface area contributed by atoms with Crippen LogP contribution in [0.4, 0.5) is 0 Å². The molecule has 0 amide bonds. The largest absolute Gasteiger partial charge is 0.353 e. The minimum absolute atomic E-state index is 0.460. The third kappa shape index (κ3) is 4.08. The van der Waals surface area contributed by atoms with Gasteiger partial charge >= 0.3 is 0 Å². The molecule has 1 saturated carbocycles. The van der Waals surface area contributed by atoms with E-state index in [1.54, 1.807) is 0 Å². The van der Waals surface area contributed by atoms with Gasteiger partial charge in [0.1, 0.15) is 0 Å². The lowest BCUT2D eigenvalue weighted by Gasteiger charge is -2.19. The Morgan fingerprint density at radius 2 is 2.27 bits per heavy atom. The van der Waals surface area contributed by atoms with Crippen molar-refractivity contribution >= 4 is 5.96 Å². The van der Waals surface area contributed by atoms with Crippen molar-refractivity contribution in [2.24, 2.45) is 16.3 Å². The Morgan fingerprint density at radius 1 is 1.53 bits per heavy atom. The standard InChI is InChI=1S/C11H24N4/c1-4-7-13-10(15-12)14-9-5-6-11(2,3)8-9/h9H,4-8,12H2,1-3H3,(H2,13,14,15). The third-order valence-electron chi connectivity index (χ3n) is 2.94. The number of rotatable bonds is 3. The Hall–Kier alpha value is -0.770. The number of hydrogen-bond donors (Lipinski definition) is 3. The highest BCUT2D eigenvalue weighted by molar-refractivity contribution is 5.79. The van der Waals surface area contributed by atoms with E-state index in [-0.39, 0.29) is 0 Å². The first-order chi connectivity index (χ1) is 7.07.